The molecule has 0 aromatic carbocycles. The molecule has 0 saturated heterocycles. The highest BCUT2D eigenvalue weighted by Gasteiger charge is 2.41. The molecular formula is C24H46N2O2. The average molecular weight is 395 g/mol. The van der Waals surface area contributed by atoms with E-state index >= 15 is 0 Å². The van der Waals surface area contributed by atoms with E-state index in [0.717, 1.165) is 45.1 Å². The standard InChI is InChI=1S/C24H44N2O2.H2/c1-5-6-17-25-23(28)22(19-13-9-7-10-14-19)26(20-15-11-8-12-16-20)21(27)18-24(2,3)4;/h19-20,22H,5-18H2,1-4H3,(H,25,28);1H. The molecule has 0 aromatic rings. The van der Waals surface area contributed by atoms with E-state index in [1.165, 1.54) is 38.5 Å². The van der Waals surface area contributed by atoms with Crippen LogP contribution in [0.15, 0.2) is 0 Å². The smallest absolute Gasteiger partial charge is 0.243 e. The van der Waals surface area contributed by atoms with Crippen molar-refractivity contribution in [3.8, 4) is 0 Å². The summed E-state index contributed by atoms with van der Waals surface area (Å²) in [7, 11) is 0. The maximum Gasteiger partial charge on any atom is 0.243 e. The van der Waals surface area contributed by atoms with Crippen LogP contribution in [0.2, 0.25) is 0 Å². The molecule has 1 unspecified atom stereocenters. The summed E-state index contributed by atoms with van der Waals surface area (Å²) in [5.74, 6) is 0.620. The van der Waals surface area contributed by atoms with Gasteiger partial charge in [0.2, 0.25) is 11.8 Å². The minimum atomic E-state index is -0.268. The van der Waals surface area contributed by atoms with Crippen molar-refractivity contribution in [3.05, 3.63) is 0 Å². The van der Waals surface area contributed by atoms with E-state index in [2.05, 4.69) is 37.9 Å². The lowest BCUT2D eigenvalue weighted by Gasteiger charge is -2.44. The first-order valence-electron chi connectivity index (χ1n) is 11.9. The van der Waals surface area contributed by atoms with Crippen LogP contribution in [-0.2, 0) is 9.59 Å². The highest BCUT2D eigenvalue weighted by atomic mass is 16.2. The fraction of sp³-hybridized carbons (Fsp3) is 0.917. The zero-order valence-electron chi connectivity index (χ0n) is 18.9. The lowest BCUT2D eigenvalue weighted by molar-refractivity contribution is -0.148. The summed E-state index contributed by atoms with van der Waals surface area (Å²) in [6, 6.07) is -0.0254. The first-order chi connectivity index (χ1) is 13.3. The second kappa shape index (κ2) is 11.2. The number of nitrogens with zero attached hydrogens (tertiary/aromatic N) is 1. The van der Waals surface area contributed by atoms with Crippen molar-refractivity contribution in [3.63, 3.8) is 0 Å². The van der Waals surface area contributed by atoms with Gasteiger partial charge in [-0.1, -0.05) is 72.6 Å². The molecule has 2 rings (SSSR count). The van der Waals surface area contributed by atoms with E-state index < -0.39 is 0 Å². The van der Waals surface area contributed by atoms with Gasteiger partial charge in [-0.3, -0.25) is 9.59 Å². The molecule has 4 heteroatoms. The summed E-state index contributed by atoms with van der Waals surface area (Å²) < 4.78 is 0. The number of nitrogens with one attached hydrogen (secondary N) is 1. The van der Waals surface area contributed by atoms with E-state index in [1.807, 2.05) is 0 Å². The highest BCUT2D eigenvalue weighted by molar-refractivity contribution is 5.88. The van der Waals surface area contributed by atoms with Crippen LogP contribution >= 0.6 is 0 Å². The third-order valence-electron chi connectivity index (χ3n) is 6.43. The summed E-state index contributed by atoms with van der Waals surface area (Å²) in [5.41, 5.74) is -0.0558. The van der Waals surface area contributed by atoms with Crippen molar-refractivity contribution in [1.82, 2.24) is 10.2 Å². The van der Waals surface area contributed by atoms with E-state index in [9.17, 15) is 9.59 Å². The van der Waals surface area contributed by atoms with Crippen LogP contribution in [0.4, 0.5) is 0 Å². The molecule has 0 spiro atoms. The Morgan fingerprint density at radius 2 is 1.57 bits per heavy atom. The normalized spacial score (nSPS) is 20.6. The molecule has 28 heavy (non-hydrogen) atoms. The van der Waals surface area contributed by atoms with Gasteiger partial charge in [-0.2, -0.15) is 0 Å². The fourth-order valence-corrected chi connectivity index (χ4v) is 5.00. The maximum atomic E-state index is 13.5. The van der Waals surface area contributed by atoms with E-state index in [0.29, 0.717) is 12.3 Å². The molecule has 164 valence electrons. The Balaban J connectivity index is 0.00000420. The largest absolute Gasteiger partial charge is 0.354 e. The van der Waals surface area contributed by atoms with Crippen molar-refractivity contribution in [1.29, 1.82) is 0 Å². The molecule has 2 saturated carbocycles. The minimum absolute atomic E-state index is 0. The molecule has 4 nitrogen and oxygen atoms in total. The van der Waals surface area contributed by atoms with Gasteiger partial charge in [0.15, 0.2) is 0 Å². The number of hydrogen-bond acceptors (Lipinski definition) is 2. The van der Waals surface area contributed by atoms with Gasteiger partial charge in [0.1, 0.15) is 6.04 Å². The van der Waals surface area contributed by atoms with Crippen molar-refractivity contribution < 1.29 is 11.0 Å². The first kappa shape index (κ1) is 23.2. The zero-order valence-corrected chi connectivity index (χ0v) is 18.9. The Bertz CT molecular complexity index is 492. The molecule has 0 aliphatic heterocycles. The number of carbonyl (C=O) groups excluding carboxylic acids is 2. The monoisotopic (exact) mass is 394 g/mol. The highest BCUT2D eigenvalue weighted by Crippen LogP contribution is 2.35. The minimum Gasteiger partial charge on any atom is -0.354 e. The number of amides is 2. The molecule has 0 aromatic heterocycles. The van der Waals surface area contributed by atoms with Crippen LogP contribution in [0.3, 0.4) is 0 Å². The average Bonchev–Trinajstić information content (AvgIpc) is 2.66. The molecule has 2 aliphatic carbocycles. The van der Waals surface area contributed by atoms with Crippen molar-refractivity contribution in [2.24, 2.45) is 11.3 Å². The second-order valence-electron chi connectivity index (χ2n) is 10.3. The van der Waals surface area contributed by atoms with Crippen LogP contribution < -0.4 is 5.32 Å². The van der Waals surface area contributed by atoms with Crippen molar-refractivity contribution in [2.75, 3.05) is 6.54 Å². The Morgan fingerprint density at radius 3 is 2.11 bits per heavy atom. The van der Waals surface area contributed by atoms with Crippen LogP contribution in [-0.4, -0.2) is 35.3 Å². The van der Waals surface area contributed by atoms with E-state index in [-0.39, 0.29) is 30.7 Å². The molecule has 1 atom stereocenters. The fourth-order valence-electron chi connectivity index (χ4n) is 5.00. The Labute approximate surface area is 174 Å². The summed E-state index contributed by atoms with van der Waals surface area (Å²) in [6.45, 7) is 9.25. The molecule has 2 aliphatic rings. The second-order valence-corrected chi connectivity index (χ2v) is 10.3. The Morgan fingerprint density at radius 1 is 1.00 bits per heavy atom. The SMILES string of the molecule is CCCCNC(=O)C(C1CCCCC1)N(C(=O)CC(C)(C)C)C1CCCCC1.[HH]. The van der Waals surface area contributed by atoms with Gasteiger partial charge < -0.3 is 10.2 Å². The quantitative estimate of drug-likeness (QED) is 0.537. The summed E-state index contributed by atoms with van der Waals surface area (Å²) in [6.07, 6.45) is 14.1. The third kappa shape index (κ3) is 7.08. The van der Waals surface area contributed by atoms with Gasteiger partial charge in [-0.25, -0.2) is 0 Å². The van der Waals surface area contributed by atoms with E-state index in [4.69, 9.17) is 0 Å². The lowest BCUT2D eigenvalue weighted by atomic mass is 9.80. The van der Waals surface area contributed by atoms with Gasteiger partial charge in [0, 0.05) is 20.4 Å². The molecule has 2 amide bonds. The number of rotatable bonds is 8. The van der Waals surface area contributed by atoms with E-state index in [1.54, 1.807) is 0 Å². The van der Waals surface area contributed by atoms with Crippen molar-refractivity contribution in [2.45, 2.75) is 123 Å². The number of carbonyl (C=O) groups is 2. The molecular weight excluding hydrogens is 348 g/mol. The Hall–Kier alpha value is -1.06. The molecule has 0 bridgehead atoms. The lowest BCUT2D eigenvalue weighted by Crippen LogP contribution is -2.58. The maximum absolute atomic E-state index is 13.5. The Kier molecular flexibility index (Phi) is 9.30. The topological polar surface area (TPSA) is 49.4 Å². The predicted molar refractivity (Wildman–Crippen MR) is 118 cm³/mol. The van der Waals surface area contributed by atoms with Crippen LogP contribution in [0.5, 0.6) is 0 Å². The summed E-state index contributed by atoms with van der Waals surface area (Å²) >= 11 is 0. The number of hydrogen-bond donors (Lipinski definition) is 1. The van der Waals surface area contributed by atoms with Gasteiger partial charge in [-0.15, -0.1) is 0 Å². The summed E-state index contributed by atoms with van der Waals surface area (Å²) in [5, 5.41) is 3.19. The van der Waals surface area contributed by atoms with Gasteiger partial charge in [-0.05, 0) is 43.4 Å². The van der Waals surface area contributed by atoms with Gasteiger partial charge in [0.05, 0.1) is 0 Å². The predicted octanol–water partition coefficient (Wildman–Crippen LogP) is 5.70. The van der Waals surface area contributed by atoms with Gasteiger partial charge in [0.25, 0.3) is 0 Å². The van der Waals surface area contributed by atoms with Crippen molar-refractivity contribution >= 4 is 11.8 Å². The van der Waals surface area contributed by atoms with Crippen LogP contribution in [0, 0.1) is 11.3 Å². The van der Waals surface area contributed by atoms with Gasteiger partial charge >= 0.3 is 0 Å². The molecule has 1 N–H and O–H groups in total. The molecule has 0 heterocycles. The number of unbranched alkanes of at least 4 members (excludes halogenated alkanes) is 1. The summed E-state index contributed by atoms with van der Waals surface area (Å²) in [4.78, 5) is 29.0. The zero-order chi connectivity index (χ0) is 20.6. The molecule has 2 fully saturated rings. The van der Waals surface area contributed by atoms with Crippen LogP contribution in [0.25, 0.3) is 0 Å². The third-order valence-corrected chi connectivity index (χ3v) is 6.43. The molecule has 0 radical (unpaired) electrons. The first-order valence-corrected chi connectivity index (χ1v) is 11.9. The van der Waals surface area contributed by atoms with Crippen LogP contribution in [0.1, 0.15) is 113 Å².